The molecule has 1 amide bonds. The first-order valence-corrected chi connectivity index (χ1v) is 10.5. The normalized spacial score (nSPS) is 17.5. The highest BCUT2D eigenvalue weighted by molar-refractivity contribution is 5.94. The molecule has 0 saturated heterocycles. The van der Waals surface area contributed by atoms with Gasteiger partial charge in [-0.1, -0.05) is 24.0 Å². The van der Waals surface area contributed by atoms with Gasteiger partial charge in [-0.2, -0.15) is 5.10 Å². The number of hydrogen-bond acceptors (Lipinski definition) is 4. The molecule has 3 N–H and O–H groups in total. The number of nitrogens with zero attached hydrogens (tertiary/aromatic N) is 3. The average molecular weight is 414 g/mol. The standard InChI is InChI=1S/C25H27N5O/c1-17-14-23(28-21-8-4-6-19(15-21)7-5-12-26)22-16-20(24-11-13-27-29(24)3)9-10-25(22)30(17)18(2)31/h4,6,8-11,13,15-17,23,28H,12,14,26H2,1-3H3/t17-,23+/m0/s1. The number of amides is 1. The highest BCUT2D eigenvalue weighted by atomic mass is 16.2. The van der Waals surface area contributed by atoms with Crippen LogP contribution >= 0.6 is 0 Å². The summed E-state index contributed by atoms with van der Waals surface area (Å²) in [5, 5.41) is 7.97. The third-order valence-electron chi connectivity index (χ3n) is 5.67. The van der Waals surface area contributed by atoms with E-state index in [-0.39, 0.29) is 18.0 Å². The van der Waals surface area contributed by atoms with Gasteiger partial charge in [-0.25, -0.2) is 0 Å². The van der Waals surface area contributed by atoms with Gasteiger partial charge < -0.3 is 16.0 Å². The maximum atomic E-state index is 12.4. The lowest BCUT2D eigenvalue weighted by Crippen LogP contribution is -2.43. The lowest BCUT2D eigenvalue weighted by Gasteiger charge is -2.39. The molecule has 2 aromatic carbocycles. The highest BCUT2D eigenvalue weighted by Crippen LogP contribution is 2.41. The van der Waals surface area contributed by atoms with Crippen LogP contribution in [0.3, 0.4) is 0 Å². The van der Waals surface area contributed by atoms with Gasteiger partial charge in [-0.15, -0.1) is 0 Å². The van der Waals surface area contributed by atoms with E-state index >= 15 is 0 Å². The zero-order valence-corrected chi connectivity index (χ0v) is 18.1. The van der Waals surface area contributed by atoms with Crippen molar-refractivity contribution in [2.75, 3.05) is 16.8 Å². The van der Waals surface area contributed by atoms with Crippen LogP contribution in [0.5, 0.6) is 0 Å². The number of fused-ring (bicyclic) bond motifs is 1. The SMILES string of the molecule is CC(=O)N1c2ccc(-c3ccnn3C)cc2[C@H](Nc2cccc(C#CCN)c2)C[C@@H]1C. The second kappa shape index (κ2) is 8.66. The quantitative estimate of drug-likeness (QED) is 0.642. The predicted molar refractivity (Wildman–Crippen MR) is 125 cm³/mol. The van der Waals surface area contributed by atoms with Gasteiger partial charge in [0.05, 0.1) is 18.3 Å². The Bertz CT molecular complexity index is 1170. The van der Waals surface area contributed by atoms with Gasteiger partial charge in [0.2, 0.25) is 5.91 Å². The Hall–Kier alpha value is -3.56. The molecule has 6 nitrogen and oxygen atoms in total. The van der Waals surface area contributed by atoms with Crippen LogP contribution in [0.15, 0.2) is 54.7 Å². The zero-order chi connectivity index (χ0) is 22.0. The van der Waals surface area contributed by atoms with E-state index < -0.39 is 0 Å². The summed E-state index contributed by atoms with van der Waals surface area (Å²) < 4.78 is 1.86. The molecular formula is C25H27N5O. The summed E-state index contributed by atoms with van der Waals surface area (Å²) >= 11 is 0. The molecule has 0 spiro atoms. The number of anilines is 2. The molecule has 31 heavy (non-hydrogen) atoms. The summed E-state index contributed by atoms with van der Waals surface area (Å²) in [6.45, 7) is 4.06. The molecule has 2 heterocycles. The predicted octanol–water partition coefficient (Wildman–Crippen LogP) is 3.70. The van der Waals surface area contributed by atoms with Crippen LogP contribution in [0.1, 0.15) is 37.4 Å². The van der Waals surface area contributed by atoms with Crippen molar-refractivity contribution in [3.8, 4) is 23.1 Å². The fourth-order valence-corrected chi connectivity index (χ4v) is 4.34. The Labute approximate surface area is 183 Å². The van der Waals surface area contributed by atoms with E-state index in [0.29, 0.717) is 6.54 Å². The Kier molecular flexibility index (Phi) is 5.79. The van der Waals surface area contributed by atoms with E-state index in [4.69, 9.17) is 5.73 Å². The van der Waals surface area contributed by atoms with Crippen molar-refractivity contribution < 1.29 is 4.79 Å². The third-order valence-corrected chi connectivity index (χ3v) is 5.67. The third kappa shape index (κ3) is 4.18. The molecule has 0 saturated carbocycles. The highest BCUT2D eigenvalue weighted by Gasteiger charge is 2.32. The molecule has 1 aliphatic heterocycles. The summed E-state index contributed by atoms with van der Waals surface area (Å²) in [4.78, 5) is 14.3. The van der Waals surface area contributed by atoms with E-state index in [1.54, 1.807) is 13.1 Å². The summed E-state index contributed by atoms with van der Waals surface area (Å²) in [6.07, 6.45) is 2.60. The molecule has 158 valence electrons. The minimum absolute atomic E-state index is 0.0551. The molecule has 0 radical (unpaired) electrons. The Balaban J connectivity index is 1.75. The first-order valence-electron chi connectivity index (χ1n) is 10.5. The minimum atomic E-state index is 0.0551. The fraction of sp³-hybridized carbons (Fsp3) is 0.280. The fourth-order valence-electron chi connectivity index (χ4n) is 4.34. The van der Waals surface area contributed by atoms with Crippen LogP contribution < -0.4 is 16.0 Å². The summed E-state index contributed by atoms with van der Waals surface area (Å²) in [6, 6.07) is 16.5. The summed E-state index contributed by atoms with van der Waals surface area (Å²) in [7, 11) is 1.93. The number of benzene rings is 2. The maximum absolute atomic E-state index is 12.4. The van der Waals surface area contributed by atoms with Crippen molar-refractivity contribution in [2.24, 2.45) is 12.8 Å². The van der Waals surface area contributed by atoms with E-state index in [0.717, 1.165) is 40.2 Å². The zero-order valence-electron chi connectivity index (χ0n) is 18.1. The van der Waals surface area contributed by atoms with E-state index in [1.165, 1.54) is 0 Å². The number of aromatic nitrogens is 2. The number of nitrogens with two attached hydrogens (primary N) is 1. The van der Waals surface area contributed by atoms with Crippen molar-refractivity contribution >= 4 is 17.3 Å². The first kappa shape index (κ1) is 20.7. The van der Waals surface area contributed by atoms with Crippen LogP contribution in [0.25, 0.3) is 11.3 Å². The molecule has 0 aliphatic carbocycles. The van der Waals surface area contributed by atoms with Crippen LogP contribution in [-0.4, -0.2) is 28.3 Å². The topological polar surface area (TPSA) is 76.2 Å². The van der Waals surface area contributed by atoms with Crippen LogP contribution in [0, 0.1) is 11.8 Å². The molecule has 3 aromatic rings. The lowest BCUT2D eigenvalue weighted by atomic mass is 9.89. The molecule has 1 aliphatic rings. The Morgan fingerprint density at radius 2 is 2.10 bits per heavy atom. The molecule has 2 atom stereocenters. The van der Waals surface area contributed by atoms with Gasteiger partial charge in [0, 0.05) is 48.7 Å². The smallest absolute Gasteiger partial charge is 0.224 e. The molecule has 4 rings (SSSR count). The van der Waals surface area contributed by atoms with Crippen molar-refractivity contribution in [2.45, 2.75) is 32.4 Å². The lowest BCUT2D eigenvalue weighted by molar-refractivity contribution is -0.117. The van der Waals surface area contributed by atoms with E-state index in [9.17, 15) is 4.79 Å². The first-order chi connectivity index (χ1) is 15.0. The summed E-state index contributed by atoms with van der Waals surface area (Å²) in [5.41, 5.74) is 11.6. The largest absolute Gasteiger partial charge is 0.378 e. The molecule has 6 heteroatoms. The number of rotatable bonds is 3. The van der Waals surface area contributed by atoms with Gasteiger partial charge in [-0.3, -0.25) is 9.48 Å². The Morgan fingerprint density at radius 1 is 1.26 bits per heavy atom. The number of carbonyl (C=O) groups excluding carboxylic acids is 1. The van der Waals surface area contributed by atoms with E-state index in [2.05, 4.69) is 41.3 Å². The van der Waals surface area contributed by atoms with E-state index in [1.807, 2.05) is 53.0 Å². The van der Waals surface area contributed by atoms with Gasteiger partial charge in [-0.05, 0) is 55.3 Å². The summed E-state index contributed by atoms with van der Waals surface area (Å²) in [5.74, 6) is 6.05. The van der Waals surface area contributed by atoms with Gasteiger partial charge in [0.1, 0.15) is 0 Å². The molecular weight excluding hydrogens is 386 g/mol. The molecule has 0 fully saturated rings. The maximum Gasteiger partial charge on any atom is 0.224 e. The minimum Gasteiger partial charge on any atom is -0.378 e. The monoisotopic (exact) mass is 413 g/mol. The Morgan fingerprint density at radius 3 is 2.81 bits per heavy atom. The molecule has 0 unspecified atom stereocenters. The number of aryl methyl sites for hydroxylation is 1. The van der Waals surface area contributed by atoms with Crippen LogP contribution in [-0.2, 0) is 11.8 Å². The van der Waals surface area contributed by atoms with Crippen molar-refractivity contribution in [3.05, 3.63) is 65.9 Å². The number of carbonyl (C=O) groups is 1. The second-order valence-corrected chi connectivity index (χ2v) is 7.87. The number of nitrogens with one attached hydrogen (secondary N) is 1. The van der Waals surface area contributed by atoms with Crippen LogP contribution in [0.2, 0.25) is 0 Å². The van der Waals surface area contributed by atoms with Crippen molar-refractivity contribution in [3.63, 3.8) is 0 Å². The second-order valence-electron chi connectivity index (χ2n) is 7.87. The van der Waals surface area contributed by atoms with Crippen LogP contribution in [0.4, 0.5) is 11.4 Å². The number of hydrogen-bond donors (Lipinski definition) is 2. The van der Waals surface area contributed by atoms with Gasteiger partial charge in [0.15, 0.2) is 0 Å². The van der Waals surface area contributed by atoms with Crippen molar-refractivity contribution in [1.29, 1.82) is 0 Å². The van der Waals surface area contributed by atoms with Crippen molar-refractivity contribution in [1.82, 2.24) is 9.78 Å². The molecule has 1 aromatic heterocycles. The molecule has 0 bridgehead atoms. The van der Waals surface area contributed by atoms with Gasteiger partial charge in [0.25, 0.3) is 0 Å². The average Bonchev–Trinajstić information content (AvgIpc) is 3.18. The van der Waals surface area contributed by atoms with Gasteiger partial charge >= 0.3 is 0 Å².